The van der Waals surface area contributed by atoms with Gasteiger partial charge in [0.05, 0.1) is 23.1 Å². The average Bonchev–Trinajstić information content (AvgIpc) is 3.32. The maximum Gasteiger partial charge on any atom is 0.276 e. The summed E-state index contributed by atoms with van der Waals surface area (Å²) in [7, 11) is 0. The lowest BCUT2D eigenvalue weighted by atomic mass is 10.0. The highest BCUT2D eigenvalue weighted by molar-refractivity contribution is 6.11. The number of benzene rings is 1. The summed E-state index contributed by atoms with van der Waals surface area (Å²) >= 11 is 0. The quantitative estimate of drug-likeness (QED) is 0.369. The van der Waals surface area contributed by atoms with Crippen LogP contribution in [0.2, 0.25) is 0 Å². The van der Waals surface area contributed by atoms with Crippen LogP contribution < -0.4 is 5.32 Å². The number of hydrogen-bond acceptors (Lipinski definition) is 6. The van der Waals surface area contributed by atoms with Crippen LogP contribution in [-0.4, -0.2) is 68.0 Å². The first-order chi connectivity index (χ1) is 18.4. The zero-order valence-electron chi connectivity index (χ0n) is 21.0. The van der Waals surface area contributed by atoms with Crippen molar-refractivity contribution in [3.8, 4) is 11.1 Å². The van der Waals surface area contributed by atoms with Gasteiger partial charge in [-0.1, -0.05) is 6.07 Å². The largest absolute Gasteiger partial charge is 0.319 e. The third-order valence-electron chi connectivity index (χ3n) is 7.32. The summed E-state index contributed by atoms with van der Waals surface area (Å²) in [6.45, 7) is 4.35. The van der Waals surface area contributed by atoms with Gasteiger partial charge in [0, 0.05) is 62.4 Å². The van der Waals surface area contributed by atoms with Crippen LogP contribution in [0.3, 0.4) is 0 Å². The number of amides is 1. The van der Waals surface area contributed by atoms with Crippen LogP contribution in [0.5, 0.6) is 0 Å². The highest BCUT2D eigenvalue weighted by Crippen LogP contribution is 2.30. The molecule has 5 heterocycles. The summed E-state index contributed by atoms with van der Waals surface area (Å²) in [4.78, 5) is 26.3. The van der Waals surface area contributed by atoms with E-state index in [0.717, 1.165) is 47.5 Å². The number of aromatic nitrogens is 4. The van der Waals surface area contributed by atoms with E-state index in [4.69, 9.17) is 0 Å². The summed E-state index contributed by atoms with van der Waals surface area (Å²) in [5.41, 5.74) is 5.38. The minimum absolute atomic E-state index is 0.110. The number of nitrogens with zero attached hydrogens (tertiary/aromatic N) is 5. The van der Waals surface area contributed by atoms with Crippen LogP contribution in [0.1, 0.15) is 41.0 Å². The van der Waals surface area contributed by atoms with Crippen molar-refractivity contribution < 1.29 is 13.6 Å². The fourth-order valence-electron chi connectivity index (χ4n) is 4.95. The molecule has 1 aromatic carbocycles. The minimum Gasteiger partial charge on any atom is -0.319 e. The molecular weight excluding hydrogens is 488 g/mol. The van der Waals surface area contributed by atoms with Crippen LogP contribution in [0.4, 0.5) is 14.5 Å². The van der Waals surface area contributed by atoms with Gasteiger partial charge < -0.3 is 5.32 Å². The van der Waals surface area contributed by atoms with Crippen molar-refractivity contribution in [3.05, 3.63) is 71.9 Å². The van der Waals surface area contributed by atoms with Crippen LogP contribution in [0.15, 0.2) is 55.0 Å². The summed E-state index contributed by atoms with van der Waals surface area (Å²) in [5.74, 6) is -2.88. The number of anilines is 1. The molecule has 0 aliphatic carbocycles. The van der Waals surface area contributed by atoms with E-state index < -0.39 is 5.92 Å². The second kappa shape index (κ2) is 10.2. The highest BCUT2D eigenvalue weighted by atomic mass is 19.3. The van der Waals surface area contributed by atoms with Gasteiger partial charge in [0.2, 0.25) is 0 Å². The van der Waals surface area contributed by atoms with Gasteiger partial charge in [0.15, 0.2) is 5.69 Å². The number of alkyl halides is 2. The van der Waals surface area contributed by atoms with Gasteiger partial charge in [0.25, 0.3) is 11.8 Å². The van der Waals surface area contributed by atoms with Gasteiger partial charge in [-0.15, -0.1) is 0 Å². The molecule has 6 rings (SSSR count). The summed E-state index contributed by atoms with van der Waals surface area (Å²) in [6, 6.07) is 11.6. The number of aromatic amines is 1. The van der Waals surface area contributed by atoms with E-state index in [1.54, 1.807) is 18.6 Å². The monoisotopic (exact) mass is 517 g/mol. The molecule has 3 aromatic heterocycles. The number of carbonyl (C=O) groups excluding carboxylic acids is 1. The fraction of sp³-hybridized carbons (Fsp3) is 0.357. The molecule has 0 saturated carbocycles. The summed E-state index contributed by atoms with van der Waals surface area (Å²) < 4.78 is 27.0. The van der Waals surface area contributed by atoms with Crippen LogP contribution in [0, 0.1) is 0 Å². The van der Waals surface area contributed by atoms with E-state index in [0.29, 0.717) is 36.4 Å². The zero-order valence-corrected chi connectivity index (χ0v) is 21.0. The Morgan fingerprint density at radius 3 is 2.50 bits per heavy atom. The van der Waals surface area contributed by atoms with Gasteiger partial charge in [-0.2, -0.15) is 5.10 Å². The lowest BCUT2D eigenvalue weighted by molar-refractivity contribution is -0.0566. The third kappa shape index (κ3) is 5.41. The molecule has 2 aliphatic heterocycles. The molecule has 2 saturated heterocycles. The van der Waals surface area contributed by atoms with E-state index >= 15 is 0 Å². The van der Waals surface area contributed by atoms with Gasteiger partial charge >= 0.3 is 0 Å². The normalized spacial score (nSPS) is 17.8. The van der Waals surface area contributed by atoms with Crippen molar-refractivity contribution in [2.45, 2.75) is 38.3 Å². The first-order valence-electron chi connectivity index (χ1n) is 12.9. The third-order valence-corrected chi connectivity index (χ3v) is 7.32. The molecule has 0 bridgehead atoms. The number of carbonyl (C=O) groups is 1. The molecule has 0 spiro atoms. The average molecular weight is 518 g/mol. The molecular formula is C28H29F2N7O. The Balaban J connectivity index is 1.17. The Bertz CT molecular complexity index is 1440. The van der Waals surface area contributed by atoms with E-state index in [9.17, 15) is 13.6 Å². The zero-order chi connectivity index (χ0) is 26.1. The molecule has 2 N–H and O–H groups in total. The molecule has 10 heteroatoms. The van der Waals surface area contributed by atoms with Crippen LogP contribution >= 0.6 is 0 Å². The number of pyridine rings is 2. The molecule has 0 unspecified atom stereocenters. The van der Waals surface area contributed by atoms with Gasteiger partial charge in [-0.25, -0.2) is 8.78 Å². The number of nitrogens with one attached hydrogen (secondary N) is 2. The highest BCUT2D eigenvalue weighted by Gasteiger charge is 2.33. The first-order valence-corrected chi connectivity index (χ1v) is 12.9. The molecule has 8 nitrogen and oxygen atoms in total. The number of fused-ring (bicyclic) bond motifs is 1. The van der Waals surface area contributed by atoms with Gasteiger partial charge in [-0.3, -0.25) is 29.7 Å². The van der Waals surface area contributed by atoms with E-state index in [2.05, 4.69) is 30.4 Å². The Labute approximate surface area is 219 Å². The van der Waals surface area contributed by atoms with E-state index in [1.807, 2.05) is 41.3 Å². The minimum atomic E-state index is -2.56. The first kappa shape index (κ1) is 24.6. The van der Waals surface area contributed by atoms with Crippen molar-refractivity contribution in [1.82, 2.24) is 30.0 Å². The van der Waals surface area contributed by atoms with E-state index in [-0.39, 0.29) is 18.7 Å². The lowest BCUT2D eigenvalue weighted by Crippen LogP contribution is -2.38. The van der Waals surface area contributed by atoms with Crippen molar-refractivity contribution in [2.24, 2.45) is 0 Å². The number of hydrogen-bond donors (Lipinski definition) is 2. The topological polar surface area (TPSA) is 90.0 Å². The molecule has 4 aromatic rings. The van der Waals surface area contributed by atoms with Crippen molar-refractivity contribution in [2.75, 3.05) is 31.5 Å². The fourth-order valence-corrected chi connectivity index (χ4v) is 4.95. The molecule has 2 fully saturated rings. The molecule has 1 amide bonds. The summed E-state index contributed by atoms with van der Waals surface area (Å²) in [5, 5.41) is 10.8. The maximum absolute atomic E-state index is 13.5. The number of rotatable bonds is 7. The van der Waals surface area contributed by atoms with Crippen molar-refractivity contribution in [3.63, 3.8) is 0 Å². The molecule has 38 heavy (non-hydrogen) atoms. The second-order valence-corrected chi connectivity index (χ2v) is 10.2. The Hall–Kier alpha value is -3.76. The number of halogens is 2. The maximum atomic E-state index is 13.5. The Morgan fingerprint density at radius 2 is 1.76 bits per heavy atom. The predicted molar refractivity (Wildman–Crippen MR) is 141 cm³/mol. The predicted octanol–water partition coefficient (Wildman–Crippen LogP) is 4.71. The lowest BCUT2D eigenvalue weighted by Gasteiger charge is -2.31. The van der Waals surface area contributed by atoms with Crippen LogP contribution in [-0.2, 0) is 13.1 Å². The molecule has 0 atom stereocenters. The van der Waals surface area contributed by atoms with Gasteiger partial charge in [0.1, 0.15) is 0 Å². The van der Waals surface area contributed by atoms with Crippen LogP contribution in [0.25, 0.3) is 22.0 Å². The molecule has 196 valence electrons. The Kier molecular flexibility index (Phi) is 6.59. The Morgan fingerprint density at radius 1 is 0.947 bits per heavy atom. The van der Waals surface area contributed by atoms with Crippen molar-refractivity contribution in [1.29, 1.82) is 0 Å². The van der Waals surface area contributed by atoms with Crippen molar-refractivity contribution >= 4 is 22.5 Å². The molecule has 0 radical (unpaired) electrons. The number of likely N-dealkylation sites (tertiary alicyclic amines) is 2. The second-order valence-electron chi connectivity index (χ2n) is 10.2. The standard InChI is InChI=1S/C28H29F2N7O/c29-28(30)6-10-37(11-7-28)17-19-12-21(15-31-14-19)20-2-5-25-24(13-20)26(35-34-25)27(38)33-22-3-4-23(32-16-22)18-36-8-1-9-36/h2-5,12-16H,1,6-11,17-18H2,(H,33,38)(H,34,35). The molecule has 2 aliphatic rings. The van der Waals surface area contributed by atoms with E-state index in [1.165, 1.54) is 6.42 Å². The smallest absolute Gasteiger partial charge is 0.276 e. The number of H-pyrrole nitrogens is 1. The SMILES string of the molecule is O=C(Nc1ccc(CN2CCC2)nc1)c1n[nH]c2ccc(-c3cncc(CN4CCC(F)(F)CC4)c3)cc12. The number of piperidine rings is 1. The van der Waals surface area contributed by atoms with Gasteiger partial charge in [-0.05, 0) is 61.0 Å². The summed E-state index contributed by atoms with van der Waals surface area (Å²) in [6.07, 6.45) is 6.23.